The zero-order chi connectivity index (χ0) is 16.0. The van der Waals surface area contributed by atoms with Crippen molar-refractivity contribution in [2.24, 2.45) is 0 Å². The van der Waals surface area contributed by atoms with E-state index >= 15 is 0 Å². The van der Waals surface area contributed by atoms with Gasteiger partial charge in [-0.25, -0.2) is 0 Å². The Morgan fingerprint density at radius 2 is 1.32 bits per heavy atom. The van der Waals surface area contributed by atoms with Gasteiger partial charge in [-0.15, -0.1) is 11.6 Å². The number of Topliss-reactive ketones (excluding diaryl/α,β-unsaturated/α-hetero) is 1. The third-order valence-electron chi connectivity index (χ3n) is 4.22. The summed E-state index contributed by atoms with van der Waals surface area (Å²) in [6, 6.07) is 7.92. The van der Waals surface area contributed by atoms with Crippen molar-refractivity contribution in [1.29, 1.82) is 0 Å². The van der Waals surface area contributed by atoms with Gasteiger partial charge >= 0.3 is 0 Å². The van der Waals surface area contributed by atoms with Gasteiger partial charge in [0.2, 0.25) is 0 Å². The summed E-state index contributed by atoms with van der Waals surface area (Å²) in [6.07, 6.45) is 14.8. The van der Waals surface area contributed by atoms with E-state index in [1.807, 2.05) is 12.1 Å². The minimum absolute atomic E-state index is 0.00662. The van der Waals surface area contributed by atoms with Crippen molar-refractivity contribution in [2.45, 2.75) is 77.6 Å². The van der Waals surface area contributed by atoms with E-state index in [2.05, 4.69) is 19.1 Å². The van der Waals surface area contributed by atoms with Crippen LogP contribution in [0, 0.1) is 0 Å². The molecule has 0 unspecified atom stereocenters. The maximum atomic E-state index is 11.4. The van der Waals surface area contributed by atoms with Crippen LogP contribution < -0.4 is 0 Å². The molecule has 0 amide bonds. The average molecular weight is 323 g/mol. The van der Waals surface area contributed by atoms with Crippen LogP contribution in [0.1, 0.15) is 87.1 Å². The minimum Gasteiger partial charge on any atom is -0.293 e. The summed E-state index contributed by atoms with van der Waals surface area (Å²) in [5.41, 5.74) is 2.05. The average Bonchev–Trinajstić information content (AvgIpc) is 2.56. The van der Waals surface area contributed by atoms with Crippen molar-refractivity contribution < 1.29 is 4.79 Å². The Bertz CT molecular complexity index is 397. The van der Waals surface area contributed by atoms with Crippen LogP contribution in [0.15, 0.2) is 24.3 Å². The Morgan fingerprint density at radius 1 is 0.818 bits per heavy atom. The summed E-state index contributed by atoms with van der Waals surface area (Å²) in [5.74, 6) is 0.0739. The quantitative estimate of drug-likeness (QED) is 0.228. The normalized spacial score (nSPS) is 10.8. The van der Waals surface area contributed by atoms with Gasteiger partial charge in [-0.2, -0.15) is 0 Å². The molecule has 2 heteroatoms. The predicted molar refractivity (Wildman–Crippen MR) is 97.0 cm³/mol. The SMILES string of the molecule is CCCCCCCCCCCCc1ccc(C(=O)CCl)cc1. The van der Waals surface area contributed by atoms with E-state index in [9.17, 15) is 4.79 Å². The van der Waals surface area contributed by atoms with Crippen LogP contribution in [0.2, 0.25) is 0 Å². The van der Waals surface area contributed by atoms with Crippen LogP contribution in [0.4, 0.5) is 0 Å². The molecule has 1 nitrogen and oxygen atoms in total. The summed E-state index contributed by atoms with van der Waals surface area (Å²) in [6.45, 7) is 2.27. The molecule has 0 heterocycles. The van der Waals surface area contributed by atoms with Crippen LogP contribution in [-0.2, 0) is 6.42 Å². The highest BCUT2D eigenvalue weighted by molar-refractivity contribution is 6.30. The minimum atomic E-state index is 0.00662. The summed E-state index contributed by atoms with van der Waals surface area (Å²) in [7, 11) is 0. The van der Waals surface area contributed by atoms with Gasteiger partial charge in [0.25, 0.3) is 0 Å². The smallest absolute Gasteiger partial charge is 0.177 e. The zero-order valence-electron chi connectivity index (χ0n) is 14.1. The lowest BCUT2D eigenvalue weighted by Gasteiger charge is -2.04. The molecule has 1 aromatic carbocycles. The molecule has 1 rings (SSSR count). The highest BCUT2D eigenvalue weighted by atomic mass is 35.5. The third kappa shape index (κ3) is 8.58. The zero-order valence-corrected chi connectivity index (χ0v) is 14.8. The molecule has 0 spiro atoms. The van der Waals surface area contributed by atoms with Gasteiger partial charge in [-0.3, -0.25) is 4.79 Å². The first-order valence-electron chi connectivity index (χ1n) is 8.96. The van der Waals surface area contributed by atoms with Gasteiger partial charge in [0.1, 0.15) is 0 Å². The number of hydrogen-bond donors (Lipinski definition) is 0. The lowest BCUT2D eigenvalue weighted by molar-refractivity contribution is 0.102. The topological polar surface area (TPSA) is 17.1 Å². The molecular formula is C20H31ClO. The highest BCUT2D eigenvalue weighted by Crippen LogP contribution is 2.13. The van der Waals surface area contributed by atoms with Crippen molar-refractivity contribution >= 4 is 17.4 Å². The Hall–Kier alpha value is -0.820. The molecule has 0 aliphatic carbocycles. The molecule has 22 heavy (non-hydrogen) atoms. The molecule has 0 aliphatic heterocycles. The highest BCUT2D eigenvalue weighted by Gasteiger charge is 2.03. The summed E-state index contributed by atoms with van der Waals surface area (Å²) in [4.78, 5) is 11.4. The fourth-order valence-electron chi connectivity index (χ4n) is 2.75. The first-order valence-corrected chi connectivity index (χ1v) is 9.49. The number of hydrogen-bond acceptors (Lipinski definition) is 1. The van der Waals surface area contributed by atoms with Gasteiger partial charge in [0, 0.05) is 5.56 Å². The van der Waals surface area contributed by atoms with Crippen LogP contribution in [0.5, 0.6) is 0 Å². The Balaban J connectivity index is 2.01. The Kier molecular flexibility index (Phi) is 11.1. The van der Waals surface area contributed by atoms with Crippen LogP contribution >= 0.6 is 11.6 Å². The summed E-state index contributed by atoms with van der Waals surface area (Å²) < 4.78 is 0. The van der Waals surface area contributed by atoms with Gasteiger partial charge in [-0.1, -0.05) is 89.0 Å². The second-order valence-electron chi connectivity index (χ2n) is 6.19. The predicted octanol–water partition coefficient (Wildman–Crippen LogP) is 6.57. The van der Waals surface area contributed by atoms with E-state index < -0.39 is 0 Å². The van der Waals surface area contributed by atoms with Crippen LogP contribution in [0.3, 0.4) is 0 Å². The molecule has 0 fully saturated rings. The number of halogens is 1. The maximum absolute atomic E-state index is 11.4. The molecule has 0 saturated heterocycles. The maximum Gasteiger partial charge on any atom is 0.177 e. The molecule has 0 bridgehead atoms. The lowest BCUT2D eigenvalue weighted by Crippen LogP contribution is -2.00. The Labute approximate surface area is 141 Å². The third-order valence-corrected chi connectivity index (χ3v) is 4.46. The molecule has 0 N–H and O–H groups in total. The molecule has 124 valence electrons. The summed E-state index contributed by atoms with van der Waals surface area (Å²) >= 11 is 5.56. The van der Waals surface area contributed by atoms with Gasteiger partial charge in [0.05, 0.1) is 5.88 Å². The molecule has 1 aromatic rings. The second kappa shape index (κ2) is 12.7. The standard InChI is InChI=1S/C20H31ClO/c1-2-3-4-5-6-7-8-9-10-11-12-18-13-15-19(16-14-18)20(22)17-21/h13-16H,2-12,17H2,1H3. The first kappa shape index (κ1) is 19.2. The summed E-state index contributed by atoms with van der Waals surface area (Å²) in [5, 5.41) is 0. The molecule has 0 saturated carbocycles. The molecule has 0 aromatic heterocycles. The van der Waals surface area contributed by atoms with E-state index in [0.29, 0.717) is 0 Å². The van der Waals surface area contributed by atoms with Crippen molar-refractivity contribution in [1.82, 2.24) is 0 Å². The lowest BCUT2D eigenvalue weighted by atomic mass is 10.0. The van der Waals surface area contributed by atoms with Crippen molar-refractivity contribution in [3.05, 3.63) is 35.4 Å². The number of rotatable bonds is 13. The number of benzene rings is 1. The monoisotopic (exact) mass is 322 g/mol. The van der Waals surface area contributed by atoms with Gasteiger partial charge < -0.3 is 0 Å². The number of carbonyl (C=O) groups is 1. The largest absolute Gasteiger partial charge is 0.293 e. The van der Waals surface area contributed by atoms with Crippen molar-refractivity contribution in [2.75, 3.05) is 5.88 Å². The van der Waals surface area contributed by atoms with Crippen molar-refractivity contribution in [3.63, 3.8) is 0 Å². The number of carbonyl (C=O) groups excluding carboxylic acids is 1. The molecule has 0 radical (unpaired) electrons. The van der Waals surface area contributed by atoms with E-state index in [1.54, 1.807) is 0 Å². The van der Waals surface area contributed by atoms with Crippen LogP contribution in [-0.4, -0.2) is 11.7 Å². The molecule has 0 aliphatic rings. The molecular weight excluding hydrogens is 292 g/mol. The number of alkyl halides is 1. The number of aryl methyl sites for hydroxylation is 1. The van der Waals surface area contributed by atoms with Gasteiger partial charge in [0.15, 0.2) is 5.78 Å². The first-order chi connectivity index (χ1) is 10.8. The van der Waals surface area contributed by atoms with Crippen LogP contribution in [0.25, 0.3) is 0 Å². The number of unbranched alkanes of at least 4 members (excludes halogenated alkanes) is 9. The van der Waals surface area contributed by atoms with E-state index in [1.165, 1.54) is 69.8 Å². The van der Waals surface area contributed by atoms with Crippen molar-refractivity contribution in [3.8, 4) is 0 Å². The fourth-order valence-corrected chi connectivity index (χ4v) is 2.91. The van der Waals surface area contributed by atoms with E-state index in [4.69, 9.17) is 11.6 Å². The fraction of sp³-hybridized carbons (Fsp3) is 0.650. The molecule has 0 atom stereocenters. The Morgan fingerprint density at radius 3 is 1.82 bits per heavy atom. The van der Waals surface area contributed by atoms with E-state index in [0.717, 1.165) is 12.0 Å². The second-order valence-corrected chi connectivity index (χ2v) is 6.45. The van der Waals surface area contributed by atoms with E-state index in [-0.39, 0.29) is 11.7 Å². The van der Waals surface area contributed by atoms with Gasteiger partial charge in [-0.05, 0) is 18.4 Å². The number of ketones is 1.